The van der Waals surface area contributed by atoms with Gasteiger partial charge < -0.3 is 9.47 Å². The van der Waals surface area contributed by atoms with E-state index in [0.717, 1.165) is 43.8 Å². The molecule has 0 aliphatic carbocycles. The minimum absolute atomic E-state index is 0.117. The minimum atomic E-state index is -4.35. The van der Waals surface area contributed by atoms with Gasteiger partial charge in [0.25, 0.3) is 0 Å². The van der Waals surface area contributed by atoms with Gasteiger partial charge in [0, 0.05) is 26.2 Å². The molecule has 3 aromatic carbocycles. The van der Waals surface area contributed by atoms with Crippen molar-refractivity contribution >= 4 is 42.0 Å². The van der Waals surface area contributed by atoms with Gasteiger partial charge in [-0.05, 0) is 57.2 Å². The number of sulfonamides is 3. The third kappa shape index (κ3) is 9.68. The van der Waals surface area contributed by atoms with Crippen LogP contribution < -0.4 is 0 Å². The summed E-state index contributed by atoms with van der Waals surface area (Å²) in [6, 6.07) is 17.8. The Morgan fingerprint density at radius 1 is 0.468 bits per heavy atom. The molecule has 0 aliphatic rings. The Balaban J connectivity index is 2.02. The van der Waals surface area contributed by atoms with E-state index in [9.17, 15) is 34.8 Å². The Bertz CT molecular complexity index is 1760. The first-order valence-corrected chi connectivity index (χ1v) is 18.7. The highest BCUT2D eigenvalue weighted by Gasteiger charge is 2.33. The molecule has 0 radical (unpaired) electrons. The van der Waals surface area contributed by atoms with Gasteiger partial charge in [-0.2, -0.15) is 12.9 Å². The summed E-state index contributed by atoms with van der Waals surface area (Å²) in [4.78, 5) is 24.2. The quantitative estimate of drug-likeness (QED) is 0.202. The predicted molar refractivity (Wildman–Crippen MR) is 174 cm³/mol. The molecule has 256 valence electrons. The van der Waals surface area contributed by atoms with Gasteiger partial charge in [-0.25, -0.2) is 25.3 Å². The summed E-state index contributed by atoms with van der Waals surface area (Å²) in [6.45, 7) is 1.98. The second-order valence-corrected chi connectivity index (χ2v) is 16.5. The van der Waals surface area contributed by atoms with E-state index in [1.807, 2.05) is 0 Å². The fourth-order valence-corrected chi connectivity index (χ4v) is 8.54. The highest BCUT2D eigenvalue weighted by Crippen LogP contribution is 2.21. The molecule has 0 aromatic heterocycles. The molecule has 0 atom stereocenters. The molecule has 0 aliphatic heterocycles. The zero-order valence-corrected chi connectivity index (χ0v) is 29.3. The summed E-state index contributed by atoms with van der Waals surface area (Å²) >= 11 is 0. The number of carbonyl (C=O) groups excluding carboxylic acids is 2. The van der Waals surface area contributed by atoms with E-state index in [1.165, 1.54) is 36.4 Å². The topological polar surface area (TPSA) is 165 Å². The number of esters is 2. The van der Waals surface area contributed by atoms with E-state index in [0.29, 0.717) is 0 Å². The Labute approximate surface area is 276 Å². The van der Waals surface area contributed by atoms with E-state index in [-0.39, 0.29) is 14.7 Å². The number of nitrogens with zero attached hydrogens (tertiary/aromatic N) is 3. The number of methoxy groups -OCH3 is 2. The van der Waals surface area contributed by atoms with Crippen molar-refractivity contribution in [1.82, 2.24) is 12.9 Å². The summed E-state index contributed by atoms with van der Waals surface area (Å²) in [5, 5.41) is 0. The SMILES string of the molecule is COC(=O)CN(CCN(CCN(CC(=O)OC)S(=O)(=O)c1ccc(C)cc1)S(=O)(=O)c1ccc(C)cc1)S(=O)(=O)c1ccc(C)cc1. The number of aryl methyl sites for hydroxylation is 3. The molecule has 47 heavy (non-hydrogen) atoms. The third-order valence-corrected chi connectivity index (χ3v) is 12.9. The first-order chi connectivity index (χ1) is 22.0. The van der Waals surface area contributed by atoms with Crippen LogP contribution in [0.4, 0.5) is 0 Å². The van der Waals surface area contributed by atoms with Crippen LogP contribution in [-0.4, -0.2) is 104 Å². The van der Waals surface area contributed by atoms with Gasteiger partial charge in [0.2, 0.25) is 30.1 Å². The van der Waals surface area contributed by atoms with Crippen molar-refractivity contribution in [2.24, 2.45) is 0 Å². The molecule has 0 saturated carbocycles. The molecule has 16 heteroatoms. The maximum absolute atomic E-state index is 13.9. The summed E-state index contributed by atoms with van der Waals surface area (Å²) in [5.41, 5.74) is 2.39. The molecule has 0 bridgehead atoms. The van der Waals surface area contributed by atoms with E-state index < -0.39 is 81.3 Å². The van der Waals surface area contributed by atoms with E-state index >= 15 is 0 Å². The van der Waals surface area contributed by atoms with Crippen molar-refractivity contribution in [3.8, 4) is 0 Å². The highest BCUT2D eigenvalue weighted by molar-refractivity contribution is 7.89. The fourth-order valence-electron chi connectivity index (χ4n) is 4.36. The lowest BCUT2D eigenvalue weighted by molar-refractivity contribution is -0.141. The largest absolute Gasteiger partial charge is 0.468 e. The van der Waals surface area contributed by atoms with E-state index in [2.05, 4.69) is 0 Å². The van der Waals surface area contributed by atoms with Gasteiger partial charge >= 0.3 is 11.9 Å². The van der Waals surface area contributed by atoms with E-state index in [1.54, 1.807) is 57.2 Å². The van der Waals surface area contributed by atoms with Crippen LogP contribution in [0.5, 0.6) is 0 Å². The van der Waals surface area contributed by atoms with Crippen molar-refractivity contribution in [1.29, 1.82) is 0 Å². The molecule has 3 rings (SSSR count). The van der Waals surface area contributed by atoms with Crippen LogP contribution in [0.2, 0.25) is 0 Å². The second kappa shape index (κ2) is 16.0. The Kier molecular flexibility index (Phi) is 12.8. The molecule has 13 nitrogen and oxygen atoms in total. The summed E-state index contributed by atoms with van der Waals surface area (Å²) in [5.74, 6) is -1.75. The van der Waals surface area contributed by atoms with Crippen LogP contribution in [0.1, 0.15) is 16.7 Å². The first kappa shape index (κ1) is 37.8. The molecule has 3 aromatic rings. The number of hydrogen-bond acceptors (Lipinski definition) is 10. The summed E-state index contributed by atoms with van der Waals surface area (Å²) < 4.78 is 94.3. The number of carbonyl (C=O) groups is 2. The molecule has 0 unspecified atom stereocenters. The molecule has 0 spiro atoms. The number of ether oxygens (including phenoxy) is 2. The smallest absolute Gasteiger partial charge is 0.321 e. The third-order valence-electron chi connectivity index (χ3n) is 7.24. The lowest BCUT2D eigenvalue weighted by Crippen LogP contribution is -2.46. The van der Waals surface area contributed by atoms with Crippen LogP contribution in [-0.2, 0) is 49.1 Å². The van der Waals surface area contributed by atoms with Crippen molar-refractivity contribution in [3.05, 3.63) is 89.5 Å². The van der Waals surface area contributed by atoms with Gasteiger partial charge in [0.05, 0.1) is 28.9 Å². The summed E-state index contributed by atoms with van der Waals surface area (Å²) in [6.07, 6.45) is 0. The van der Waals surface area contributed by atoms with Gasteiger partial charge in [-0.1, -0.05) is 53.1 Å². The Morgan fingerprint density at radius 3 is 0.957 bits per heavy atom. The van der Waals surface area contributed by atoms with Crippen LogP contribution in [0.15, 0.2) is 87.5 Å². The zero-order valence-electron chi connectivity index (χ0n) is 26.8. The molecule has 0 heterocycles. The minimum Gasteiger partial charge on any atom is -0.468 e. The maximum Gasteiger partial charge on any atom is 0.321 e. The van der Waals surface area contributed by atoms with Gasteiger partial charge in [-0.15, -0.1) is 0 Å². The monoisotopic (exact) mass is 709 g/mol. The predicted octanol–water partition coefficient (Wildman–Crippen LogP) is 2.33. The van der Waals surface area contributed by atoms with Crippen LogP contribution in [0, 0.1) is 20.8 Å². The molecule has 0 fully saturated rings. The second-order valence-electron chi connectivity index (χ2n) is 10.7. The lowest BCUT2D eigenvalue weighted by atomic mass is 10.2. The number of hydrogen-bond donors (Lipinski definition) is 0. The number of benzene rings is 3. The average Bonchev–Trinajstić information content (AvgIpc) is 3.03. The van der Waals surface area contributed by atoms with Crippen molar-refractivity contribution in [3.63, 3.8) is 0 Å². The Hall–Kier alpha value is -3.67. The van der Waals surface area contributed by atoms with Gasteiger partial charge in [-0.3, -0.25) is 9.59 Å². The average molecular weight is 710 g/mol. The van der Waals surface area contributed by atoms with Gasteiger partial charge in [0.1, 0.15) is 13.1 Å². The Morgan fingerprint density at radius 2 is 0.702 bits per heavy atom. The van der Waals surface area contributed by atoms with Crippen LogP contribution >= 0.6 is 0 Å². The zero-order chi connectivity index (χ0) is 35.0. The standard InChI is InChI=1S/C31H39N3O10S3/c1-24-6-12-27(13-7-24)45(37,38)32(18-20-33(22-30(35)43-4)46(39,40)28-14-8-25(2)9-15-28)19-21-34(23-31(36)44-5)47(41,42)29-16-10-26(3)11-17-29/h6-17H,18-23H2,1-5H3. The molecule has 0 N–H and O–H groups in total. The van der Waals surface area contributed by atoms with Crippen molar-refractivity contribution in [2.75, 3.05) is 53.5 Å². The normalized spacial score (nSPS) is 12.4. The van der Waals surface area contributed by atoms with Gasteiger partial charge in [0.15, 0.2) is 0 Å². The first-order valence-electron chi connectivity index (χ1n) is 14.4. The molecular weight excluding hydrogens is 671 g/mol. The van der Waals surface area contributed by atoms with Crippen LogP contribution in [0.25, 0.3) is 0 Å². The molecular formula is C31H39N3O10S3. The maximum atomic E-state index is 13.9. The van der Waals surface area contributed by atoms with Crippen molar-refractivity contribution in [2.45, 2.75) is 35.5 Å². The number of rotatable bonds is 16. The highest BCUT2D eigenvalue weighted by atomic mass is 32.2. The van der Waals surface area contributed by atoms with E-state index in [4.69, 9.17) is 9.47 Å². The lowest BCUT2D eigenvalue weighted by Gasteiger charge is -2.29. The summed E-state index contributed by atoms with van der Waals surface area (Å²) in [7, 11) is -10.8. The van der Waals surface area contributed by atoms with Crippen molar-refractivity contribution < 1.29 is 44.3 Å². The molecule has 0 amide bonds. The van der Waals surface area contributed by atoms with Crippen LogP contribution in [0.3, 0.4) is 0 Å². The fraction of sp³-hybridized carbons (Fsp3) is 0.355. The molecule has 0 saturated heterocycles.